The molecule has 2 N–H and O–H groups in total. The highest BCUT2D eigenvalue weighted by atomic mass is 16.4. The van der Waals surface area contributed by atoms with Crippen molar-refractivity contribution >= 4 is 17.7 Å². The molecule has 6 nitrogen and oxygen atoms in total. The molecule has 1 aromatic carbocycles. The smallest absolute Gasteiger partial charge is 0.337 e. The Hall–Kier alpha value is -2.89. The molecular formula is C17H17NO5. The molecule has 1 heterocycles. The van der Waals surface area contributed by atoms with Crippen molar-refractivity contribution in [1.82, 2.24) is 4.57 Å². The summed E-state index contributed by atoms with van der Waals surface area (Å²) in [4.78, 5) is 35.2. The van der Waals surface area contributed by atoms with Crippen LogP contribution in [0.5, 0.6) is 0 Å². The first kappa shape index (κ1) is 16.5. The third-order valence-corrected chi connectivity index (χ3v) is 3.82. The van der Waals surface area contributed by atoms with Gasteiger partial charge < -0.3 is 14.8 Å². The van der Waals surface area contributed by atoms with Crippen LogP contribution >= 0.6 is 0 Å². The van der Waals surface area contributed by atoms with Gasteiger partial charge in [-0.15, -0.1) is 0 Å². The second-order valence-corrected chi connectivity index (χ2v) is 5.43. The number of aromatic carboxylic acids is 1. The van der Waals surface area contributed by atoms with E-state index < -0.39 is 18.4 Å². The third kappa shape index (κ3) is 3.01. The van der Waals surface area contributed by atoms with Crippen molar-refractivity contribution in [3.8, 4) is 0 Å². The number of hydrogen-bond donors (Lipinski definition) is 2. The lowest BCUT2D eigenvalue weighted by atomic mass is 10.0. The van der Waals surface area contributed by atoms with Gasteiger partial charge in [0.1, 0.15) is 0 Å². The van der Waals surface area contributed by atoms with E-state index in [0.29, 0.717) is 5.56 Å². The van der Waals surface area contributed by atoms with Crippen LogP contribution in [0, 0.1) is 13.8 Å². The molecule has 0 spiro atoms. The molecule has 0 bridgehead atoms. The van der Waals surface area contributed by atoms with E-state index in [1.54, 1.807) is 24.3 Å². The van der Waals surface area contributed by atoms with Crippen LogP contribution in [0.3, 0.4) is 0 Å². The first-order valence-corrected chi connectivity index (χ1v) is 6.98. The average molecular weight is 315 g/mol. The van der Waals surface area contributed by atoms with E-state index in [0.717, 1.165) is 5.56 Å². The van der Waals surface area contributed by atoms with Gasteiger partial charge in [-0.1, -0.05) is 29.8 Å². The van der Waals surface area contributed by atoms with Gasteiger partial charge in [0, 0.05) is 18.3 Å². The number of carboxylic acids is 2. The zero-order chi connectivity index (χ0) is 17.3. The second kappa shape index (κ2) is 6.08. The Bertz CT molecular complexity index is 799. The van der Waals surface area contributed by atoms with Crippen LogP contribution in [0.1, 0.15) is 43.2 Å². The number of carboxylic acid groups (broad SMARTS) is 2. The van der Waals surface area contributed by atoms with E-state index in [1.165, 1.54) is 18.5 Å². The summed E-state index contributed by atoms with van der Waals surface area (Å²) < 4.78 is 1.37. The monoisotopic (exact) mass is 315 g/mol. The fourth-order valence-electron chi connectivity index (χ4n) is 2.69. The van der Waals surface area contributed by atoms with Crippen molar-refractivity contribution in [2.24, 2.45) is 7.05 Å². The summed E-state index contributed by atoms with van der Waals surface area (Å²) in [5, 5.41) is 18.4. The standard InChI is InChI=1S/C17H17NO5/c1-9-4-6-11(7-5-9)16(21)15-10(2)14(17(22)23)12(18(15)3)8-13(19)20/h4-7H,8H2,1-3H3,(H,19,20)(H,22,23). The van der Waals surface area contributed by atoms with Gasteiger partial charge in [-0.25, -0.2) is 4.79 Å². The van der Waals surface area contributed by atoms with Gasteiger partial charge in [0.15, 0.2) is 0 Å². The van der Waals surface area contributed by atoms with Crippen LogP contribution in [0.15, 0.2) is 24.3 Å². The van der Waals surface area contributed by atoms with Crippen molar-refractivity contribution in [3.05, 3.63) is 57.9 Å². The Balaban J connectivity index is 2.63. The molecule has 0 unspecified atom stereocenters. The zero-order valence-electron chi connectivity index (χ0n) is 13.1. The lowest BCUT2D eigenvalue weighted by Gasteiger charge is -2.07. The van der Waals surface area contributed by atoms with Crippen LogP contribution in [-0.2, 0) is 18.3 Å². The van der Waals surface area contributed by atoms with Gasteiger partial charge in [-0.2, -0.15) is 0 Å². The molecule has 2 rings (SSSR count). The maximum Gasteiger partial charge on any atom is 0.337 e. The molecule has 2 aromatic rings. The number of carbonyl (C=O) groups is 3. The van der Waals surface area contributed by atoms with E-state index in [4.69, 9.17) is 5.11 Å². The lowest BCUT2D eigenvalue weighted by Crippen LogP contribution is -2.13. The Morgan fingerprint density at radius 2 is 1.61 bits per heavy atom. The lowest BCUT2D eigenvalue weighted by molar-refractivity contribution is -0.136. The van der Waals surface area contributed by atoms with Crippen LogP contribution in [0.4, 0.5) is 0 Å². The number of aryl methyl sites for hydroxylation is 1. The van der Waals surface area contributed by atoms with Gasteiger partial charge >= 0.3 is 11.9 Å². The highest BCUT2D eigenvalue weighted by Crippen LogP contribution is 2.25. The molecule has 0 atom stereocenters. The number of benzene rings is 1. The number of hydrogen-bond acceptors (Lipinski definition) is 3. The van der Waals surface area contributed by atoms with Crippen molar-refractivity contribution in [1.29, 1.82) is 0 Å². The molecule has 0 aliphatic heterocycles. The fraction of sp³-hybridized carbons (Fsp3) is 0.235. The van der Waals surface area contributed by atoms with Gasteiger partial charge in [-0.05, 0) is 19.4 Å². The highest BCUT2D eigenvalue weighted by molar-refractivity contribution is 6.11. The molecule has 0 aliphatic rings. The fourth-order valence-corrected chi connectivity index (χ4v) is 2.69. The first-order valence-electron chi connectivity index (χ1n) is 6.98. The summed E-state index contributed by atoms with van der Waals surface area (Å²) in [6.45, 7) is 3.42. The maximum atomic E-state index is 12.7. The Morgan fingerprint density at radius 1 is 1.04 bits per heavy atom. The van der Waals surface area contributed by atoms with E-state index in [1.807, 2.05) is 6.92 Å². The number of aliphatic carboxylic acids is 1. The van der Waals surface area contributed by atoms with Crippen LogP contribution in [0.25, 0.3) is 0 Å². The molecule has 120 valence electrons. The van der Waals surface area contributed by atoms with Crippen LogP contribution in [0.2, 0.25) is 0 Å². The third-order valence-electron chi connectivity index (χ3n) is 3.82. The molecule has 0 amide bonds. The second-order valence-electron chi connectivity index (χ2n) is 5.43. The predicted octanol–water partition coefficient (Wildman–Crippen LogP) is 2.20. The minimum atomic E-state index is -1.24. The summed E-state index contributed by atoms with van der Waals surface area (Å²) in [5.74, 6) is -2.72. The molecular weight excluding hydrogens is 298 g/mol. The van der Waals surface area contributed by atoms with Crippen molar-refractivity contribution in [2.45, 2.75) is 20.3 Å². The topological polar surface area (TPSA) is 96.6 Å². The molecule has 0 saturated carbocycles. The van der Waals surface area contributed by atoms with Crippen LogP contribution < -0.4 is 0 Å². The quantitative estimate of drug-likeness (QED) is 0.824. The van der Waals surface area contributed by atoms with Gasteiger partial charge in [0.05, 0.1) is 17.7 Å². The first-order chi connectivity index (χ1) is 10.7. The van der Waals surface area contributed by atoms with E-state index in [2.05, 4.69) is 0 Å². The minimum Gasteiger partial charge on any atom is -0.481 e. The van der Waals surface area contributed by atoms with Crippen molar-refractivity contribution < 1.29 is 24.6 Å². The molecule has 1 aromatic heterocycles. The van der Waals surface area contributed by atoms with E-state index in [-0.39, 0.29) is 28.3 Å². The van der Waals surface area contributed by atoms with Crippen LogP contribution in [-0.4, -0.2) is 32.5 Å². The summed E-state index contributed by atoms with van der Waals surface area (Å²) in [7, 11) is 1.51. The normalized spacial score (nSPS) is 10.6. The average Bonchev–Trinajstić information content (AvgIpc) is 2.69. The highest BCUT2D eigenvalue weighted by Gasteiger charge is 2.28. The summed E-state index contributed by atoms with van der Waals surface area (Å²) in [5.41, 5.74) is 1.90. The van der Waals surface area contributed by atoms with E-state index in [9.17, 15) is 19.5 Å². The number of nitrogens with zero attached hydrogens (tertiary/aromatic N) is 1. The maximum absolute atomic E-state index is 12.7. The van der Waals surface area contributed by atoms with Gasteiger partial charge in [0.25, 0.3) is 0 Å². The summed E-state index contributed by atoms with van der Waals surface area (Å²) in [6.07, 6.45) is -0.458. The number of aromatic nitrogens is 1. The Kier molecular flexibility index (Phi) is 4.36. The van der Waals surface area contributed by atoms with Gasteiger partial charge in [-0.3, -0.25) is 9.59 Å². The van der Waals surface area contributed by atoms with E-state index >= 15 is 0 Å². The summed E-state index contributed by atoms with van der Waals surface area (Å²) in [6, 6.07) is 6.92. The number of carbonyl (C=O) groups excluding carboxylic acids is 1. The Labute approximate surface area is 133 Å². The Morgan fingerprint density at radius 3 is 2.09 bits per heavy atom. The molecule has 0 fully saturated rings. The van der Waals surface area contributed by atoms with Crippen molar-refractivity contribution in [3.63, 3.8) is 0 Å². The molecule has 0 aliphatic carbocycles. The molecule has 0 saturated heterocycles. The number of rotatable bonds is 5. The minimum absolute atomic E-state index is 0.109. The SMILES string of the molecule is Cc1ccc(C(=O)c2c(C)c(C(=O)O)c(CC(=O)O)n2C)cc1. The predicted molar refractivity (Wildman–Crippen MR) is 83.1 cm³/mol. The molecule has 23 heavy (non-hydrogen) atoms. The zero-order valence-corrected chi connectivity index (χ0v) is 13.1. The summed E-state index contributed by atoms with van der Waals surface area (Å²) >= 11 is 0. The largest absolute Gasteiger partial charge is 0.481 e. The molecule has 6 heteroatoms. The van der Waals surface area contributed by atoms with Crippen molar-refractivity contribution in [2.75, 3.05) is 0 Å². The van der Waals surface area contributed by atoms with Gasteiger partial charge in [0.2, 0.25) is 5.78 Å². The molecule has 0 radical (unpaired) electrons. The number of ketones is 1.